The molecule has 0 saturated heterocycles. The zero-order valence-electron chi connectivity index (χ0n) is 9.63. The van der Waals surface area contributed by atoms with Crippen molar-refractivity contribution in [2.75, 3.05) is 7.05 Å². The number of ether oxygens (including phenoxy) is 1. The minimum atomic E-state index is 0.355. The van der Waals surface area contributed by atoms with Gasteiger partial charge in [-0.3, -0.25) is 4.98 Å². The molecule has 0 bridgehead atoms. The first-order chi connectivity index (χ1) is 8.38. The predicted octanol–water partition coefficient (Wildman–Crippen LogP) is 1.17. The van der Waals surface area contributed by atoms with Crippen molar-refractivity contribution in [3.63, 3.8) is 0 Å². The molecule has 0 atom stereocenters. The van der Waals surface area contributed by atoms with Gasteiger partial charge in [-0.1, -0.05) is 0 Å². The average Bonchev–Trinajstić information content (AvgIpc) is 2.40. The molecule has 0 fully saturated rings. The fraction of sp³-hybridized carbons (Fsp3) is 0.250. The lowest BCUT2D eigenvalue weighted by molar-refractivity contribution is 0.294. The van der Waals surface area contributed by atoms with Gasteiger partial charge in [-0.15, -0.1) is 0 Å². The summed E-state index contributed by atoms with van der Waals surface area (Å²) >= 11 is 0. The number of rotatable bonds is 5. The Hall–Kier alpha value is -2.01. The van der Waals surface area contributed by atoms with Gasteiger partial charge in [0.2, 0.25) is 0 Å². The molecular formula is C12H14N4O. The van der Waals surface area contributed by atoms with Crippen molar-refractivity contribution in [1.29, 1.82) is 0 Å². The molecule has 2 aromatic rings. The van der Waals surface area contributed by atoms with Crippen LogP contribution in [0.2, 0.25) is 0 Å². The summed E-state index contributed by atoms with van der Waals surface area (Å²) in [6.45, 7) is 1.11. The molecule has 0 aliphatic carbocycles. The predicted molar refractivity (Wildman–Crippen MR) is 63.4 cm³/mol. The molecular weight excluding hydrogens is 216 g/mol. The second-order valence-corrected chi connectivity index (χ2v) is 3.47. The second-order valence-electron chi connectivity index (χ2n) is 3.47. The molecule has 0 radical (unpaired) electrons. The van der Waals surface area contributed by atoms with E-state index in [1.807, 2.05) is 19.2 Å². The number of pyridine rings is 1. The van der Waals surface area contributed by atoms with Crippen LogP contribution in [0.3, 0.4) is 0 Å². The van der Waals surface area contributed by atoms with Gasteiger partial charge >= 0.3 is 0 Å². The minimum absolute atomic E-state index is 0.355. The summed E-state index contributed by atoms with van der Waals surface area (Å²) in [5, 5.41) is 3.04. The van der Waals surface area contributed by atoms with Crippen LogP contribution in [-0.2, 0) is 13.2 Å². The van der Waals surface area contributed by atoms with E-state index < -0.39 is 0 Å². The number of nitrogens with zero attached hydrogens (tertiary/aromatic N) is 3. The van der Waals surface area contributed by atoms with Gasteiger partial charge in [-0.05, 0) is 25.2 Å². The molecule has 0 amide bonds. The van der Waals surface area contributed by atoms with Crippen LogP contribution < -0.4 is 10.1 Å². The molecule has 2 heterocycles. The van der Waals surface area contributed by atoms with Crippen LogP contribution in [0, 0.1) is 0 Å². The smallest absolute Gasteiger partial charge is 0.166 e. The molecule has 0 aliphatic heterocycles. The molecule has 5 nitrogen and oxygen atoms in total. The number of nitrogens with one attached hydrogen (secondary N) is 1. The maximum atomic E-state index is 5.52. The molecule has 0 aromatic carbocycles. The van der Waals surface area contributed by atoms with Crippen LogP contribution in [0.4, 0.5) is 0 Å². The minimum Gasteiger partial charge on any atom is -0.484 e. The van der Waals surface area contributed by atoms with Crippen molar-refractivity contribution in [2.45, 2.75) is 13.2 Å². The lowest BCUT2D eigenvalue weighted by Crippen LogP contribution is -2.07. The van der Waals surface area contributed by atoms with Gasteiger partial charge in [0, 0.05) is 18.9 Å². The maximum absolute atomic E-state index is 5.52. The van der Waals surface area contributed by atoms with E-state index in [1.165, 1.54) is 0 Å². The average molecular weight is 230 g/mol. The van der Waals surface area contributed by atoms with Gasteiger partial charge in [0.05, 0.1) is 11.9 Å². The lowest BCUT2D eigenvalue weighted by atomic mass is 10.3. The Kier molecular flexibility index (Phi) is 3.99. The Morgan fingerprint density at radius 1 is 1.18 bits per heavy atom. The SMILES string of the molecule is CNCc1ccc(OCc2ncccn2)cn1. The largest absolute Gasteiger partial charge is 0.484 e. The third-order valence-corrected chi connectivity index (χ3v) is 2.14. The molecule has 0 spiro atoms. The summed E-state index contributed by atoms with van der Waals surface area (Å²) in [4.78, 5) is 12.4. The fourth-order valence-electron chi connectivity index (χ4n) is 1.33. The third kappa shape index (κ3) is 3.49. The van der Waals surface area contributed by atoms with E-state index in [0.717, 1.165) is 18.0 Å². The number of aromatic nitrogens is 3. The van der Waals surface area contributed by atoms with Crippen LogP contribution in [-0.4, -0.2) is 22.0 Å². The maximum Gasteiger partial charge on any atom is 0.166 e. The highest BCUT2D eigenvalue weighted by Gasteiger charge is 1.98. The highest BCUT2D eigenvalue weighted by atomic mass is 16.5. The highest BCUT2D eigenvalue weighted by Crippen LogP contribution is 2.10. The summed E-state index contributed by atoms with van der Waals surface area (Å²) in [5.74, 6) is 1.38. The first kappa shape index (κ1) is 11.5. The molecule has 2 aromatic heterocycles. The van der Waals surface area contributed by atoms with Crippen LogP contribution in [0.5, 0.6) is 5.75 Å². The van der Waals surface area contributed by atoms with Gasteiger partial charge < -0.3 is 10.1 Å². The van der Waals surface area contributed by atoms with E-state index >= 15 is 0 Å². The molecule has 2 rings (SSSR count). The van der Waals surface area contributed by atoms with E-state index in [2.05, 4.69) is 20.3 Å². The van der Waals surface area contributed by atoms with E-state index in [9.17, 15) is 0 Å². The molecule has 0 aliphatic rings. The van der Waals surface area contributed by atoms with E-state index in [-0.39, 0.29) is 0 Å². The Labute approximate surface area is 99.9 Å². The first-order valence-electron chi connectivity index (χ1n) is 5.36. The van der Waals surface area contributed by atoms with Gasteiger partial charge in [-0.2, -0.15) is 0 Å². The van der Waals surface area contributed by atoms with Crippen molar-refractivity contribution in [2.24, 2.45) is 0 Å². The van der Waals surface area contributed by atoms with Gasteiger partial charge in [-0.25, -0.2) is 9.97 Å². The zero-order chi connectivity index (χ0) is 11.9. The summed E-state index contributed by atoms with van der Waals surface area (Å²) in [6.07, 6.45) is 5.09. The molecule has 88 valence electrons. The van der Waals surface area contributed by atoms with Crippen LogP contribution in [0.25, 0.3) is 0 Å². The standard InChI is InChI=1S/C12H14N4O/c1-13-7-10-3-4-11(8-16-10)17-9-12-14-5-2-6-15-12/h2-6,8,13H,7,9H2,1H3. The van der Waals surface area contributed by atoms with Crippen molar-refractivity contribution >= 4 is 0 Å². The first-order valence-corrected chi connectivity index (χ1v) is 5.36. The summed E-state index contributed by atoms with van der Waals surface area (Å²) < 4.78 is 5.52. The van der Waals surface area contributed by atoms with Gasteiger partial charge in [0.15, 0.2) is 5.82 Å². The second kappa shape index (κ2) is 5.91. The summed E-state index contributed by atoms with van der Waals surface area (Å²) in [5.41, 5.74) is 0.982. The zero-order valence-corrected chi connectivity index (χ0v) is 9.63. The molecule has 0 saturated carbocycles. The van der Waals surface area contributed by atoms with E-state index in [1.54, 1.807) is 24.7 Å². The van der Waals surface area contributed by atoms with E-state index in [0.29, 0.717) is 12.4 Å². The summed E-state index contributed by atoms with van der Waals surface area (Å²) in [7, 11) is 1.89. The fourth-order valence-corrected chi connectivity index (χ4v) is 1.33. The number of hydrogen-bond donors (Lipinski definition) is 1. The van der Waals surface area contributed by atoms with Crippen molar-refractivity contribution in [3.05, 3.63) is 48.3 Å². The normalized spacial score (nSPS) is 10.2. The van der Waals surface area contributed by atoms with Gasteiger partial charge in [0.1, 0.15) is 12.4 Å². The van der Waals surface area contributed by atoms with Crippen molar-refractivity contribution < 1.29 is 4.74 Å². The third-order valence-electron chi connectivity index (χ3n) is 2.14. The monoisotopic (exact) mass is 230 g/mol. The molecule has 0 unspecified atom stereocenters. The highest BCUT2D eigenvalue weighted by molar-refractivity contribution is 5.19. The molecule has 1 N–H and O–H groups in total. The topological polar surface area (TPSA) is 59.9 Å². The van der Waals surface area contributed by atoms with Crippen molar-refractivity contribution in [1.82, 2.24) is 20.3 Å². The van der Waals surface area contributed by atoms with Crippen LogP contribution in [0.15, 0.2) is 36.8 Å². The quantitative estimate of drug-likeness (QED) is 0.835. The van der Waals surface area contributed by atoms with Crippen molar-refractivity contribution in [3.8, 4) is 5.75 Å². The summed E-state index contributed by atoms with van der Waals surface area (Å²) in [6, 6.07) is 5.60. The van der Waals surface area contributed by atoms with Crippen LogP contribution >= 0.6 is 0 Å². The van der Waals surface area contributed by atoms with Gasteiger partial charge in [0.25, 0.3) is 0 Å². The van der Waals surface area contributed by atoms with E-state index in [4.69, 9.17) is 4.74 Å². The lowest BCUT2D eigenvalue weighted by Gasteiger charge is -2.05. The number of hydrogen-bond acceptors (Lipinski definition) is 5. The Morgan fingerprint density at radius 2 is 2.00 bits per heavy atom. The van der Waals surface area contributed by atoms with Crippen LogP contribution in [0.1, 0.15) is 11.5 Å². The molecule has 17 heavy (non-hydrogen) atoms. The Morgan fingerprint density at radius 3 is 2.65 bits per heavy atom. The molecule has 5 heteroatoms. The Balaban J connectivity index is 1.91. The Bertz CT molecular complexity index is 444.